The number of ketones is 1. The summed E-state index contributed by atoms with van der Waals surface area (Å²) in [6, 6.07) is 9.81. The lowest BCUT2D eigenvalue weighted by atomic mass is 10.2. The van der Waals surface area contributed by atoms with E-state index < -0.39 is 10.0 Å². The lowest BCUT2D eigenvalue weighted by Gasteiger charge is -2.26. The first-order valence-electron chi connectivity index (χ1n) is 9.21. The van der Waals surface area contributed by atoms with E-state index >= 15 is 0 Å². The summed E-state index contributed by atoms with van der Waals surface area (Å²) in [5.74, 6) is -0.239. The summed E-state index contributed by atoms with van der Waals surface area (Å²) in [5.41, 5.74) is 1.63. The van der Waals surface area contributed by atoms with Crippen molar-refractivity contribution in [3.05, 3.63) is 58.4 Å². The Labute approximate surface area is 170 Å². The van der Waals surface area contributed by atoms with Crippen LogP contribution in [0.15, 0.2) is 41.3 Å². The smallest absolute Gasteiger partial charge is 0.243 e. The highest BCUT2D eigenvalue weighted by atomic mass is 35.5. The fourth-order valence-electron chi connectivity index (χ4n) is 3.10. The fourth-order valence-corrected chi connectivity index (χ4v) is 4.84. The van der Waals surface area contributed by atoms with Crippen LogP contribution in [0.4, 0.5) is 0 Å². The van der Waals surface area contributed by atoms with E-state index in [0.717, 1.165) is 25.0 Å². The number of carbonyl (C=O) groups excluding carboxylic acids is 1. The number of piperidine rings is 1. The van der Waals surface area contributed by atoms with Gasteiger partial charge in [-0.1, -0.05) is 24.1 Å². The highest BCUT2D eigenvalue weighted by molar-refractivity contribution is 7.89. The van der Waals surface area contributed by atoms with Crippen molar-refractivity contribution in [2.45, 2.75) is 37.7 Å². The lowest BCUT2D eigenvalue weighted by molar-refractivity contribution is 0.0721. The van der Waals surface area contributed by atoms with E-state index in [1.807, 2.05) is 13.0 Å². The van der Waals surface area contributed by atoms with E-state index in [1.165, 1.54) is 16.4 Å². The zero-order valence-electron chi connectivity index (χ0n) is 15.7. The number of hydrogen-bond donors (Lipinski definition) is 0. The average molecular weight is 423 g/mol. The molecule has 0 bridgehead atoms. The minimum Gasteiger partial charge on any atom is -0.368 e. The normalized spacial score (nSPS) is 15.5. The Bertz CT molecular complexity index is 956. The summed E-state index contributed by atoms with van der Waals surface area (Å²) in [5, 5.41) is 0.402. The molecule has 2 heterocycles. The lowest BCUT2D eigenvalue weighted by Crippen LogP contribution is -2.35. The molecule has 2 aromatic rings. The fraction of sp³-hybridized carbons (Fsp3) is 0.400. The van der Waals surface area contributed by atoms with Gasteiger partial charge >= 0.3 is 0 Å². The van der Waals surface area contributed by atoms with Crippen LogP contribution in [0.2, 0.25) is 5.02 Å². The number of rotatable bonds is 7. The molecular weight excluding hydrogens is 400 g/mol. The number of nitrogens with zero attached hydrogens (tertiary/aromatic N) is 2. The van der Waals surface area contributed by atoms with Crippen LogP contribution in [0.25, 0.3) is 0 Å². The quantitative estimate of drug-likeness (QED) is 0.637. The number of aromatic nitrogens is 1. The molecule has 28 heavy (non-hydrogen) atoms. The molecule has 1 aliphatic rings. The van der Waals surface area contributed by atoms with Crippen molar-refractivity contribution in [2.24, 2.45) is 0 Å². The monoisotopic (exact) mass is 422 g/mol. The van der Waals surface area contributed by atoms with Gasteiger partial charge in [-0.2, -0.15) is 4.31 Å². The molecule has 3 rings (SSSR count). The van der Waals surface area contributed by atoms with Gasteiger partial charge in [0.15, 0.2) is 0 Å². The van der Waals surface area contributed by atoms with Gasteiger partial charge in [0.05, 0.1) is 11.5 Å². The standard InChI is InChI=1S/C20H23ClN2O4S/c1-15-6-5-7-19(22-15)20(24)14-27-13-16-12-17(8-9-18(16)21)28(25,26)23-10-3-2-4-11-23/h5-9,12H,2-4,10-11,13-14H2,1H3. The second kappa shape index (κ2) is 9.13. The van der Waals surface area contributed by atoms with E-state index in [-0.39, 0.29) is 23.9 Å². The van der Waals surface area contributed by atoms with Crippen molar-refractivity contribution in [3.8, 4) is 0 Å². The Morgan fingerprint density at radius 3 is 2.64 bits per heavy atom. The van der Waals surface area contributed by atoms with Gasteiger partial charge in [-0.25, -0.2) is 13.4 Å². The number of carbonyl (C=O) groups is 1. The van der Waals surface area contributed by atoms with Gasteiger partial charge in [-0.3, -0.25) is 4.79 Å². The van der Waals surface area contributed by atoms with Gasteiger partial charge < -0.3 is 4.74 Å². The second-order valence-electron chi connectivity index (χ2n) is 6.80. The van der Waals surface area contributed by atoms with E-state index in [4.69, 9.17) is 16.3 Å². The molecule has 0 N–H and O–H groups in total. The van der Waals surface area contributed by atoms with Crippen LogP contribution in [0.3, 0.4) is 0 Å². The number of benzene rings is 1. The summed E-state index contributed by atoms with van der Waals surface area (Å²) in [6.45, 7) is 2.77. The SMILES string of the molecule is Cc1cccc(C(=O)COCc2cc(S(=O)(=O)N3CCCCC3)ccc2Cl)n1. The summed E-state index contributed by atoms with van der Waals surface area (Å²) in [4.78, 5) is 16.6. The molecule has 0 amide bonds. The maximum absolute atomic E-state index is 12.8. The molecule has 0 radical (unpaired) electrons. The zero-order chi connectivity index (χ0) is 20.1. The van der Waals surface area contributed by atoms with E-state index in [0.29, 0.717) is 29.4 Å². The first-order valence-corrected chi connectivity index (χ1v) is 11.0. The first kappa shape index (κ1) is 20.9. The van der Waals surface area contributed by atoms with Gasteiger partial charge in [0.25, 0.3) is 0 Å². The van der Waals surface area contributed by atoms with Crippen molar-refractivity contribution in [3.63, 3.8) is 0 Å². The van der Waals surface area contributed by atoms with Crippen LogP contribution in [-0.2, 0) is 21.4 Å². The minimum absolute atomic E-state index is 0.0414. The molecule has 1 saturated heterocycles. The molecule has 1 aromatic carbocycles. The van der Waals surface area contributed by atoms with Crippen molar-refractivity contribution >= 4 is 27.4 Å². The van der Waals surface area contributed by atoms with E-state index in [1.54, 1.807) is 18.2 Å². The molecule has 0 atom stereocenters. The van der Waals surface area contributed by atoms with Crippen molar-refractivity contribution in [1.82, 2.24) is 9.29 Å². The number of aryl methyl sites for hydroxylation is 1. The highest BCUT2D eigenvalue weighted by Crippen LogP contribution is 2.25. The predicted molar refractivity (Wildman–Crippen MR) is 107 cm³/mol. The van der Waals surface area contributed by atoms with Gasteiger partial charge in [0.1, 0.15) is 12.3 Å². The van der Waals surface area contributed by atoms with Crippen molar-refractivity contribution in [1.29, 1.82) is 0 Å². The number of hydrogen-bond acceptors (Lipinski definition) is 5. The molecule has 1 aromatic heterocycles. The number of halogens is 1. The van der Waals surface area contributed by atoms with Crippen LogP contribution in [0.1, 0.15) is 41.0 Å². The van der Waals surface area contributed by atoms with Crippen LogP contribution in [0, 0.1) is 6.92 Å². The minimum atomic E-state index is -3.55. The molecule has 0 unspecified atom stereocenters. The average Bonchev–Trinajstić information content (AvgIpc) is 2.70. The molecule has 8 heteroatoms. The van der Waals surface area contributed by atoms with Gasteiger partial charge in [0, 0.05) is 23.8 Å². The summed E-state index contributed by atoms with van der Waals surface area (Å²) in [7, 11) is -3.55. The zero-order valence-corrected chi connectivity index (χ0v) is 17.3. The topological polar surface area (TPSA) is 76.6 Å². The van der Waals surface area contributed by atoms with Crippen LogP contribution in [-0.4, -0.2) is 43.2 Å². The third-order valence-corrected chi connectivity index (χ3v) is 6.90. The number of ether oxygens (including phenoxy) is 1. The Morgan fingerprint density at radius 2 is 1.93 bits per heavy atom. The molecular formula is C20H23ClN2O4S. The summed E-state index contributed by atoms with van der Waals surface area (Å²) >= 11 is 6.20. The molecule has 0 aliphatic carbocycles. The predicted octanol–water partition coefficient (Wildman–Crippen LogP) is 3.62. The number of sulfonamides is 1. The van der Waals surface area contributed by atoms with Crippen molar-refractivity contribution in [2.75, 3.05) is 19.7 Å². The molecule has 0 saturated carbocycles. The second-order valence-corrected chi connectivity index (χ2v) is 9.14. The Hall–Kier alpha value is -1.80. The molecule has 1 fully saturated rings. The van der Waals surface area contributed by atoms with Gasteiger partial charge in [0.2, 0.25) is 15.8 Å². The number of pyridine rings is 1. The Kier molecular flexibility index (Phi) is 6.82. The van der Waals surface area contributed by atoms with Gasteiger partial charge in [-0.05, 0) is 55.7 Å². The maximum Gasteiger partial charge on any atom is 0.243 e. The largest absolute Gasteiger partial charge is 0.368 e. The molecule has 6 nitrogen and oxygen atoms in total. The maximum atomic E-state index is 12.8. The highest BCUT2D eigenvalue weighted by Gasteiger charge is 2.26. The Morgan fingerprint density at radius 1 is 1.18 bits per heavy atom. The van der Waals surface area contributed by atoms with Crippen LogP contribution >= 0.6 is 11.6 Å². The number of Topliss-reactive ketones (excluding diaryl/α,β-unsaturated/α-hetero) is 1. The van der Waals surface area contributed by atoms with Crippen molar-refractivity contribution < 1.29 is 17.9 Å². The first-order chi connectivity index (χ1) is 13.4. The van der Waals surface area contributed by atoms with Gasteiger partial charge in [-0.15, -0.1) is 0 Å². The summed E-state index contributed by atoms with van der Waals surface area (Å²) < 4.78 is 32.7. The Balaban J connectivity index is 1.67. The molecule has 1 aliphatic heterocycles. The summed E-state index contributed by atoms with van der Waals surface area (Å²) in [6.07, 6.45) is 2.80. The van der Waals surface area contributed by atoms with E-state index in [9.17, 15) is 13.2 Å². The third-order valence-electron chi connectivity index (χ3n) is 4.63. The van der Waals surface area contributed by atoms with E-state index in [2.05, 4.69) is 4.98 Å². The third kappa shape index (κ3) is 4.97. The molecule has 0 spiro atoms. The van der Waals surface area contributed by atoms with Crippen LogP contribution in [0.5, 0.6) is 0 Å². The van der Waals surface area contributed by atoms with Crippen LogP contribution < -0.4 is 0 Å². The molecule has 150 valence electrons.